The van der Waals surface area contributed by atoms with Crippen molar-refractivity contribution in [2.45, 2.75) is 175 Å². The molecule has 59 heavy (non-hydrogen) atoms. The molecule has 0 aromatic heterocycles. The van der Waals surface area contributed by atoms with Crippen molar-refractivity contribution in [1.29, 1.82) is 0 Å². The van der Waals surface area contributed by atoms with Crippen molar-refractivity contribution in [2.75, 3.05) is 12.4 Å². The monoisotopic (exact) mass is 953 g/mol. The van der Waals surface area contributed by atoms with Crippen molar-refractivity contribution in [1.82, 2.24) is 5.32 Å². The molecule has 0 saturated heterocycles. The fraction of sp³-hybridized carbons (Fsp3) is 0.914. The van der Waals surface area contributed by atoms with Gasteiger partial charge in [0.05, 0.1) is 28.7 Å². The molecular formula is C35H69F6NO12SSi4. The lowest BCUT2D eigenvalue weighted by Crippen LogP contribution is -2.60. The zero-order valence-electron chi connectivity index (χ0n) is 37.5. The van der Waals surface area contributed by atoms with E-state index in [4.69, 9.17) is 21.8 Å². The molecule has 0 bridgehead atoms. The van der Waals surface area contributed by atoms with Gasteiger partial charge in [-0.05, 0) is 126 Å². The first-order valence-corrected chi connectivity index (χ1v) is 33.1. The molecule has 0 heterocycles. The highest BCUT2D eigenvalue weighted by Gasteiger charge is 2.70. The lowest BCUT2D eigenvalue weighted by molar-refractivity contribution is -0.373. The van der Waals surface area contributed by atoms with E-state index in [1.54, 1.807) is 0 Å². The molecule has 13 nitrogen and oxygen atoms in total. The van der Waals surface area contributed by atoms with E-state index < -0.39 is 133 Å². The maximum Gasteiger partial charge on any atom is 0.469 e. The summed E-state index contributed by atoms with van der Waals surface area (Å²) in [6.07, 6.45) is -17.4. The standard InChI is InChI=1S/C35H69F6NO12SSi4/c1-17-26(27(43)42-31(5,6)24-55(47,48)49)22-32(7,29(45)51-25(2)21-33(46,34(36,37)38)35(39,40)41)23-30(3,4)28(44)50-19-18-20-59(52-56(8,9)10,53-57(11,12)13)54-58(14,15)16/h25-26,46H,17-24H2,1-16H3,(H,42,43)(H,47,48,49). The Hall–Kier alpha value is -1.39. The summed E-state index contributed by atoms with van der Waals surface area (Å²) in [6.45, 7) is 26.9. The molecule has 3 N–H and O–H groups in total. The van der Waals surface area contributed by atoms with Crippen LogP contribution >= 0.6 is 0 Å². The Morgan fingerprint density at radius 1 is 0.746 bits per heavy atom. The minimum absolute atomic E-state index is 0.0108. The highest BCUT2D eigenvalue weighted by atomic mass is 32.2. The number of amides is 1. The van der Waals surface area contributed by atoms with Crippen molar-refractivity contribution < 1.29 is 80.6 Å². The number of halogens is 6. The van der Waals surface area contributed by atoms with Crippen LogP contribution in [0.25, 0.3) is 0 Å². The van der Waals surface area contributed by atoms with Gasteiger partial charge in [-0.2, -0.15) is 34.8 Å². The van der Waals surface area contributed by atoms with Gasteiger partial charge in [0.1, 0.15) is 6.10 Å². The van der Waals surface area contributed by atoms with E-state index in [0.717, 1.165) is 6.92 Å². The summed E-state index contributed by atoms with van der Waals surface area (Å²) < 4.78 is 144. The first-order chi connectivity index (χ1) is 25.7. The fourth-order valence-electron chi connectivity index (χ4n) is 6.61. The molecule has 0 aliphatic heterocycles. The second kappa shape index (κ2) is 20.0. The van der Waals surface area contributed by atoms with Crippen LogP contribution in [0.1, 0.15) is 80.6 Å². The molecule has 1 amide bonds. The lowest BCUT2D eigenvalue weighted by Gasteiger charge is -2.43. The van der Waals surface area contributed by atoms with E-state index in [1.807, 2.05) is 58.9 Å². The zero-order valence-corrected chi connectivity index (χ0v) is 42.3. The number of ether oxygens (including phenoxy) is 2. The molecule has 0 aliphatic rings. The first kappa shape index (κ1) is 57.6. The quantitative estimate of drug-likeness (QED) is 0.0278. The van der Waals surface area contributed by atoms with Gasteiger partial charge in [-0.3, -0.25) is 18.9 Å². The van der Waals surface area contributed by atoms with Crippen LogP contribution in [0.5, 0.6) is 0 Å². The molecule has 0 fully saturated rings. The molecule has 24 heteroatoms. The second-order valence-corrected chi connectivity index (χ2v) is 38.3. The molecule has 350 valence electrons. The van der Waals surface area contributed by atoms with E-state index in [2.05, 4.69) is 5.32 Å². The van der Waals surface area contributed by atoms with Gasteiger partial charge in [0.15, 0.2) is 25.0 Å². The number of carbonyl (C=O) groups excluding carboxylic acids is 3. The van der Waals surface area contributed by atoms with Crippen LogP contribution in [0.3, 0.4) is 0 Å². The number of hydrogen-bond acceptors (Lipinski definition) is 11. The van der Waals surface area contributed by atoms with Crippen molar-refractivity contribution in [3.63, 3.8) is 0 Å². The molecule has 0 aliphatic carbocycles. The van der Waals surface area contributed by atoms with E-state index in [-0.39, 0.29) is 19.4 Å². The predicted octanol–water partition coefficient (Wildman–Crippen LogP) is 8.21. The predicted molar refractivity (Wildman–Crippen MR) is 220 cm³/mol. The van der Waals surface area contributed by atoms with Gasteiger partial charge in [-0.25, -0.2) is 0 Å². The Bertz CT molecular complexity index is 1490. The molecule has 0 saturated carbocycles. The summed E-state index contributed by atoms with van der Waals surface area (Å²) in [5.74, 6) is -5.03. The molecule has 0 spiro atoms. The van der Waals surface area contributed by atoms with Crippen LogP contribution in [0.2, 0.25) is 65.0 Å². The number of aliphatic hydroxyl groups is 1. The Morgan fingerprint density at radius 3 is 1.53 bits per heavy atom. The third kappa shape index (κ3) is 20.1. The molecule has 0 aromatic carbocycles. The number of alkyl halides is 6. The van der Waals surface area contributed by atoms with Crippen LogP contribution < -0.4 is 5.32 Å². The van der Waals surface area contributed by atoms with Gasteiger partial charge in [-0.15, -0.1) is 0 Å². The van der Waals surface area contributed by atoms with Crippen molar-refractivity contribution in [2.24, 2.45) is 16.7 Å². The topological polar surface area (TPSA) is 184 Å². The Morgan fingerprint density at radius 2 is 1.17 bits per heavy atom. The highest BCUT2D eigenvalue weighted by Crippen LogP contribution is 2.47. The molecule has 0 aromatic rings. The third-order valence-electron chi connectivity index (χ3n) is 8.52. The van der Waals surface area contributed by atoms with Gasteiger partial charge < -0.3 is 32.2 Å². The zero-order chi connectivity index (χ0) is 47.3. The summed E-state index contributed by atoms with van der Waals surface area (Å²) in [7, 11) is -14.5. The summed E-state index contributed by atoms with van der Waals surface area (Å²) in [5.41, 5.74) is -10.3. The lowest BCUT2D eigenvalue weighted by atomic mass is 9.69. The van der Waals surface area contributed by atoms with E-state index in [1.165, 1.54) is 41.5 Å². The number of hydrogen-bond donors (Lipinski definition) is 3. The summed E-state index contributed by atoms with van der Waals surface area (Å²) in [4.78, 5) is 41.2. The molecular weight excluding hydrogens is 885 g/mol. The minimum atomic E-state index is -6.19. The Labute approximate surface area is 350 Å². The van der Waals surface area contributed by atoms with Crippen molar-refractivity contribution in [3.8, 4) is 0 Å². The van der Waals surface area contributed by atoms with E-state index in [9.17, 15) is 58.8 Å². The molecule has 0 rings (SSSR count). The third-order valence-corrected chi connectivity index (χ3v) is 21.7. The summed E-state index contributed by atoms with van der Waals surface area (Å²) >= 11 is 0. The first-order valence-electron chi connectivity index (χ1n) is 19.4. The van der Waals surface area contributed by atoms with Crippen molar-refractivity contribution >= 4 is 61.7 Å². The van der Waals surface area contributed by atoms with Crippen LogP contribution in [-0.2, 0) is 46.3 Å². The average Bonchev–Trinajstić information content (AvgIpc) is 2.91. The van der Waals surface area contributed by atoms with Gasteiger partial charge in [-0.1, -0.05) is 6.92 Å². The second-order valence-electron chi connectivity index (χ2n) is 19.9. The fourth-order valence-corrected chi connectivity index (χ4v) is 22.2. The smallest absolute Gasteiger partial charge is 0.465 e. The van der Waals surface area contributed by atoms with E-state index >= 15 is 0 Å². The van der Waals surface area contributed by atoms with Crippen LogP contribution in [0, 0.1) is 16.7 Å². The largest absolute Gasteiger partial charge is 0.469 e. The maximum atomic E-state index is 13.9. The minimum Gasteiger partial charge on any atom is -0.465 e. The number of rotatable bonds is 24. The van der Waals surface area contributed by atoms with Gasteiger partial charge in [0.2, 0.25) is 5.91 Å². The average molecular weight is 954 g/mol. The molecule has 0 radical (unpaired) electrons. The normalized spacial score (nSPS) is 16.5. The number of nitrogens with one attached hydrogen (secondary N) is 1. The Kier molecular flexibility index (Phi) is 19.5. The maximum absolute atomic E-state index is 13.9. The van der Waals surface area contributed by atoms with Crippen molar-refractivity contribution in [3.05, 3.63) is 0 Å². The van der Waals surface area contributed by atoms with Crippen LogP contribution in [0.4, 0.5) is 26.3 Å². The van der Waals surface area contributed by atoms with Gasteiger partial charge in [0, 0.05) is 18.4 Å². The SMILES string of the molecule is CCC(CC(C)(CC(C)(C)C(=O)OCCC[Si](O[Si](C)(C)C)(O[Si](C)(C)C)O[Si](C)(C)C)C(=O)OC(C)CC(O)(C(F)(F)F)C(F)(F)F)C(=O)NC(C)(C)CS(=O)(=O)O. The summed E-state index contributed by atoms with van der Waals surface area (Å²) in [6, 6.07) is 0.324. The number of esters is 2. The molecule has 3 atom stereocenters. The van der Waals surface area contributed by atoms with E-state index in [0.29, 0.717) is 6.04 Å². The summed E-state index contributed by atoms with van der Waals surface area (Å²) in [5, 5.41) is 12.2. The van der Waals surface area contributed by atoms with Gasteiger partial charge in [0.25, 0.3) is 15.7 Å². The van der Waals surface area contributed by atoms with Crippen LogP contribution in [0.15, 0.2) is 0 Å². The highest BCUT2D eigenvalue weighted by molar-refractivity contribution is 7.85. The number of carbonyl (C=O) groups is 3. The van der Waals surface area contributed by atoms with Crippen LogP contribution in [-0.4, -0.2) is 112 Å². The molecule has 3 unspecified atom stereocenters. The Balaban J connectivity index is 6.73. The van der Waals surface area contributed by atoms with Gasteiger partial charge >= 0.3 is 33.1 Å².